The number of carbonyl (C=O) groups excluding carboxylic acids is 1. The van der Waals surface area contributed by atoms with Crippen LogP contribution in [-0.4, -0.2) is 50.9 Å². The van der Waals surface area contributed by atoms with Crippen molar-refractivity contribution in [3.8, 4) is 11.5 Å². The van der Waals surface area contributed by atoms with Crippen molar-refractivity contribution in [2.75, 3.05) is 20.0 Å². The molecule has 1 unspecified atom stereocenters. The molecule has 1 aromatic carbocycles. The fourth-order valence-electron chi connectivity index (χ4n) is 2.95. The minimum atomic E-state index is -3.64. The monoisotopic (exact) mass is 454 g/mol. The van der Waals surface area contributed by atoms with Crippen molar-refractivity contribution in [3.63, 3.8) is 0 Å². The van der Waals surface area contributed by atoms with Crippen LogP contribution in [0, 0.1) is 0 Å². The Kier molecular flexibility index (Phi) is 7.72. The first-order valence-corrected chi connectivity index (χ1v) is 11.7. The lowest BCUT2D eigenvalue weighted by molar-refractivity contribution is 0.0918. The molecule has 0 radical (unpaired) electrons. The van der Waals surface area contributed by atoms with Gasteiger partial charge in [0, 0.05) is 10.9 Å². The molecular weight excluding hydrogens is 424 g/mol. The Morgan fingerprint density at radius 3 is 2.48 bits per heavy atom. The molecule has 2 aromatic rings. The number of hydrogen-bond acceptors (Lipinski definition) is 7. The van der Waals surface area contributed by atoms with Crippen LogP contribution in [0.3, 0.4) is 0 Å². The maximum Gasteiger partial charge on any atom is 0.264 e. The summed E-state index contributed by atoms with van der Waals surface area (Å²) in [4.78, 5) is 27.9. The highest BCUT2D eigenvalue weighted by molar-refractivity contribution is 7.85. The third-order valence-corrected chi connectivity index (χ3v) is 4.82. The van der Waals surface area contributed by atoms with Crippen LogP contribution in [0.1, 0.15) is 50.9 Å². The van der Waals surface area contributed by atoms with Crippen LogP contribution in [0.5, 0.6) is 11.5 Å². The van der Waals surface area contributed by atoms with Crippen molar-refractivity contribution in [3.05, 3.63) is 34.1 Å². The largest absolute Gasteiger partial charge is 0.493 e. The number of pyridine rings is 1. The molecule has 0 aliphatic carbocycles. The van der Waals surface area contributed by atoms with Gasteiger partial charge in [0.05, 0.1) is 18.9 Å². The van der Waals surface area contributed by atoms with Crippen LogP contribution >= 0.6 is 0 Å². The molecule has 10 heteroatoms. The zero-order valence-electron chi connectivity index (χ0n) is 18.7. The van der Waals surface area contributed by atoms with Crippen molar-refractivity contribution in [2.24, 2.45) is 0 Å². The normalized spacial score (nSPS) is 13.1. The summed E-state index contributed by atoms with van der Waals surface area (Å²) in [6.45, 7) is 7.22. The Labute approximate surface area is 182 Å². The third-order valence-electron chi connectivity index (χ3n) is 4.25. The maximum absolute atomic E-state index is 12.7. The van der Waals surface area contributed by atoms with Gasteiger partial charge in [-0.2, -0.15) is 8.42 Å². The molecule has 2 N–H and O–H groups in total. The standard InChI is InChI=1S/C21H30N2O7S/c1-7-8-14(12-29-31(6,26)27)30-18-16(28-5)10-9-13-11-15(19(24)22-17(13)18)20(25)23-21(2,3)4/h9-11,14H,7-8,12H2,1-6H3,(H,22,24)(H,23,25). The molecule has 0 bridgehead atoms. The summed E-state index contributed by atoms with van der Waals surface area (Å²) < 4.78 is 39.1. The van der Waals surface area contributed by atoms with Gasteiger partial charge in [-0.25, -0.2) is 0 Å². The lowest BCUT2D eigenvalue weighted by Gasteiger charge is -2.22. The summed E-state index contributed by atoms with van der Waals surface area (Å²) in [5.41, 5.74) is -0.757. The van der Waals surface area contributed by atoms with E-state index < -0.39 is 33.2 Å². The van der Waals surface area contributed by atoms with E-state index in [0.717, 1.165) is 12.7 Å². The minimum absolute atomic E-state index is 0.0240. The van der Waals surface area contributed by atoms with E-state index in [-0.39, 0.29) is 17.9 Å². The number of ether oxygens (including phenoxy) is 2. The van der Waals surface area contributed by atoms with Crippen LogP contribution < -0.4 is 20.3 Å². The van der Waals surface area contributed by atoms with Gasteiger partial charge in [0.2, 0.25) is 0 Å². The van der Waals surface area contributed by atoms with Gasteiger partial charge in [0.25, 0.3) is 21.6 Å². The molecule has 9 nitrogen and oxygen atoms in total. The number of rotatable bonds is 9. The summed E-state index contributed by atoms with van der Waals surface area (Å²) in [5, 5.41) is 3.33. The average molecular weight is 455 g/mol. The van der Waals surface area contributed by atoms with E-state index in [4.69, 9.17) is 13.7 Å². The zero-order chi connectivity index (χ0) is 23.4. The molecule has 0 aliphatic heterocycles. The van der Waals surface area contributed by atoms with Gasteiger partial charge in [-0.15, -0.1) is 0 Å². The summed E-state index contributed by atoms with van der Waals surface area (Å²) in [6, 6.07) is 4.85. The molecule has 1 heterocycles. The SMILES string of the molecule is CCCC(COS(C)(=O)=O)Oc1c(OC)ccc2cc(C(=O)NC(C)(C)C)c(=O)[nH]c12. The predicted molar refractivity (Wildman–Crippen MR) is 118 cm³/mol. The number of H-pyrrole nitrogens is 1. The second kappa shape index (κ2) is 9.69. The second-order valence-electron chi connectivity index (χ2n) is 8.29. The molecule has 0 saturated heterocycles. The molecule has 1 atom stereocenters. The molecule has 0 aliphatic rings. The molecule has 0 spiro atoms. The van der Waals surface area contributed by atoms with Crippen molar-refractivity contribution in [1.82, 2.24) is 10.3 Å². The Balaban J connectivity index is 2.50. The second-order valence-corrected chi connectivity index (χ2v) is 9.94. The fraction of sp³-hybridized carbons (Fsp3) is 0.524. The van der Waals surface area contributed by atoms with E-state index in [2.05, 4.69) is 10.3 Å². The molecule has 0 fully saturated rings. The van der Waals surface area contributed by atoms with Crippen LogP contribution in [0.25, 0.3) is 10.9 Å². The van der Waals surface area contributed by atoms with Gasteiger partial charge in [0.15, 0.2) is 11.5 Å². The highest BCUT2D eigenvalue weighted by Gasteiger charge is 2.22. The molecule has 31 heavy (non-hydrogen) atoms. The van der Waals surface area contributed by atoms with Gasteiger partial charge >= 0.3 is 0 Å². The van der Waals surface area contributed by atoms with Crippen molar-refractivity contribution < 1.29 is 26.9 Å². The predicted octanol–water partition coefficient (Wildman–Crippen LogP) is 2.59. The quantitative estimate of drug-likeness (QED) is 0.558. The van der Waals surface area contributed by atoms with Gasteiger partial charge < -0.3 is 19.8 Å². The van der Waals surface area contributed by atoms with E-state index in [1.165, 1.54) is 13.2 Å². The average Bonchev–Trinajstić information content (AvgIpc) is 2.64. The molecule has 2 rings (SSSR count). The van der Waals surface area contributed by atoms with Crippen LogP contribution in [0.4, 0.5) is 0 Å². The molecule has 1 aromatic heterocycles. The van der Waals surface area contributed by atoms with Gasteiger partial charge in [-0.3, -0.25) is 13.8 Å². The summed E-state index contributed by atoms with van der Waals surface area (Å²) in [6.07, 6.45) is 1.62. The summed E-state index contributed by atoms with van der Waals surface area (Å²) in [7, 11) is -2.18. The molecule has 172 valence electrons. The molecule has 1 amide bonds. The first-order chi connectivity index (χ1) is 14.3. The number of aromatic nitrogens is 1. The van der Waals surface area contributed by atoms with Crippen molar-refractivity contribution in [2.45, 2.75) is 52.2 Å². The Morgan fingerprint density at radius 1 is 1.26 bits per heavy atom. The topological polar surface area (TPSA) is 124 Å². The Hall–Kier alpha value is -2.59. The van der Waals surface area contributed by atoms with E-state index in [9.17, 15) is 18.0 Å². The number of hydrogen-bond donors (Lipinski definition) is 2. The number of carbonyl (C=O) groups is 1. The summed E-state index contributed by atoms with van der Waals surface area (Å²) in [5.74, 6) is 0.116. The number of nitrogens with one attached hydrogen (secondary N) is 2. The molecular formula is C21H30N2O7S. The van der Waals surface area contributed by atoms with E-state index in [1.54, 1.807) is 12.1 Å². The smallest absolute Gasteiger partial charge is 0.264 e. The third kappa shape index (κ3) is 6.96. The van der Waals surface area contributed by atoms with Gasteiger partial charge in [-0.05, 0) is 45.4 Å². The van der Waals surface area contributed by atoms with Crippen molar-refractivity contribution >= 4 is 26.9 Å². The van der Waals surface area contributed by atoms with Gasteiger partial charge in [-0.1, -0.05) is 13.3 Å². The van der Waals surface area contributed by atoms with Crippen molar-refractivity contribution in [1.29, 1.82) is 0 Å². The highest BCUT2D eigenvalue weighted by Crippen LogP contribution is 2.35. The number of benzene rings is 1. The van der Waals surface area contributed by atoms with Gasteiger partial charge in [0.1, 0.15) is 18.3 Å². The number of amides is 1. The van der Waals surface area contributed by atoms with E-state index in [0.29, 0.717) is 23.1 Å². The van der Waals surface area contributed by atoms with E-state index >= 15 is 0 Å². The lowest BCUT2D eigenvalue weighted by atomic mass is 10.1. The maximum atomic E-state index is 12.7. The van der Waals surface area contributed by atoms with E-state index in [1.807, 2.05) is 27.7 Å². The summed E-state index contributed by atoms with van der Waals surface area (Å²) >= 11 is 0. The zero-order valence-corrected chi connectivity index (χ0v) is 19.5. The van der Waals surface area contributed by atoms with Crippen LogP contribution in [0.15, 0.2) is 23.0 Å². The number of methoxy groups -OCH3 is 1. The Morgan fingerprint density at radius 2 is 1.94 bits per heavy atom. The minimum Gasteiger partial charge on any atom is -0.493 e. The first-order valence-electron chi connectivity index (χ1n) is 9.92. The highest BCUT2D eigenvalue weighted by atomic mass is 32.2. The first kappa shape index (κ1) is 24.7. The Bertz CT molecular complexity index is 1100. The lowest BCUT2D eigenvalue weighted by Crippen LogP contribution is -2.42. The number of fused-ring (bicyclic) bond motifs is 1. The number of aromatic amines is 1. The van der Waals surface area contributed by atoms with Crippen LogP contribution in [-0.2, 0) is 14.3 Å². The van der Waals surface area contributed by atoms with Crippen LogP contribution in [0.2, 0.25) is 0 Å². The fourth-order valence-corrected chi connectivity index (χ4v) is 3.35. The molecule has 0 saturated carbocycles.